The van der Waals surface area contributed by atoms with E-state index in [4.69, 9.17) is 0 Å². The number of nitrogens with zero attached hydrogens (tertiary/aromatic N) is 5. The average molecular weight is 266 g/mol. The van der Waals surface area contributed by atoms with Crippen LogP contribution in [-0.4, -0.2) is 49.5 Å². The summed E-state index contributed by atoms with van der Waals surface area (Å²) < 4.78 is 0. The Morgan fingerprint density at radius 1 is 1.47 bits per heavy atom. The van der Waals surface area contributed by atoms with Gasteiger partial charge in [-0.15, -0.1) is 10.2 Å². The van der Waals surface area contributed by atoms with Crippen LogP contribution in [0.1, 0.15) is 26.1 Å². The number of carbonyl (C=O) groups excluding carboxylic acids is 2. The highest BCUT2D eigenvalue weighted by molar-refractivity contribution is 5.94. The summed E-state index contributed by atoms with van der Waals surface area (Å²) >= 11 is 0. The molecule has 1 aromatic heterocycles. The maximum Gasteiger partial charge on any atom is 0.243 e. The first kappa shape index (κ1) is 13.4. The van der Waals surface area contributed by atoms with Gasteiger partial charge in [-0.25, -0.2) is 0 Å². The molecule has 2 heterocycles. The summed E-state index contributed by atoms with van der Waals surface area (Å²) in [7, 11) is 1.66. The molecule has 1 aliphatic heterocycles. The van der Waals surface area contributed by atoms with Crippen molar-refractivity contribution in [3.05, 3.63) is 5.82 Å². The number of aromatic nitrogens is 4. The van der Waals surface area contributed by atoms with Gasteiger partial charge in [-0.05, 0) is 11.1 Å². The zero-order valence-electron chi connectivity index (χ0n) is 11.3. The van der Waals surface area contributed by atoms with Gasteiger partial charge in [0, 0.05) is 0 Å². The van der Waals surface area contributed by atoms with E-state index in [2.05, 4.69) is 20.7 Å². The number of hydrogen-bond donors (Lipinski definition) is 1. The van der Waals surface area contributed by atoms with Crippen LogP contribution in [0.4, 0.5) is 0 Å². The van der Waals surface area contributed by atoms with Crippen LogP contribution in [0.2, 0.25) is 0 Å². The lowest BCUT2D eigenvalue weighted by Gasteiger charge is -2.37. The molecular weight excluding hydrogens is 248 g/mol. The lowest BCUT2D eigenvalue weighted by molar-refractivity contribution is -0.148. The Morgan fingerprint density at radius 3 is 2.79 bits per heavy atom. The molecule has 0 saturated carbocycles. The second-order valence-corrected chi connectivity index (χ2v) is 4.76. The van der Waals surface area contributed by atoms with Crippen molar-refractivity contribution in [3.63, 3.8) is 0 Å². The number of rotatable bonds is 4. The highest BCUT2D eigenvalue weighted by Crippen LogP contribution is 2.19. The molecule has 2 rings (SSSR count). The zero-order chi connectivity index (χ0) is 14.0. The van der Waals surface area contributed by atoms with Crippen LogP contribution in [0, 0.1) is 5.92 Å². The normalized spacial score (nSPS) is 21.4. The minimum Gasteiger partial charge on any atom is -0.345 e. The smallest absolute Gasteiger partial charge is 0.243 e. The van der Waals surface area contributed by atoms with Crippen LogP contribution in [0.25, 0.3) is 0 Å². The van der Waals surface area contributed by atoms with Crippen LogP contribution < -0.4 is 5.32 Å². The highest BCUT2D eigenvalue weighted by atomic mass is 16.2. The predicted molar refractivity (Wildman–Crippen MR) is 65.6 cm³/mol. The van der Waals surface area contributed by atoms with Crippen molar-refractivity contribution < 1.29 is 9.59 Å². The fourth-order valence-corrected chi connectivity index (χ4v) is 2.18. The van der Waals surface area contributed by atoms with Gasteiger partial charge in [0.1, 0.15) is 6.04 Å². The number of tetrazole rings is 1. The minimum absolute atomic E-state index is 0.0338. The molecule has 2 amide bonds. The summed E-state index contributed by atoms with van der Waals surface area (Å²) in [4.78, 5) is 26.9. The van der Waals surface area contributed by atoms with E-state index < -0.39 is 6.04 Å². The Labute approximate surface area is 111 Å². The molecule has 0 aliphatic carbocycles. The Balaban J connectivity index is 2.21. The van der Waals surface area contributed by atoms with Crippen molar-refractivity contribution in [2.24, 2.45) is 13.0 Å². The van der Waals surface area contributed by atoms with E-state index in [1.54, 1.807) is 11.9 Å². The van der Waals surface area contributed by atoms with Crippen molar-refractivity contribution >= 4 is 11.8 Å². The minimum atomic E-state index is -0.463. The van der Waals surface area contributed by atoms with E-state index in [0.29, 0.717) is 5.82 Å². The first-order valence-corrected chi connectivity index (χ1v) is 6.33. The monoisotopic (exact) mass is 266 g/mol. The number of amides is 2. The molecule has 1 aromatic rings. The molecule has 1 saturated heterocycles. The second kappa shape index (κ2) is 5.33. The Morgan fingerprint density at radius 2 is 2.21 bits per heavy atom. The number of piperazine rings is 1. The Bertz CT molecular complexity index is 485. The maximum atomic E-state index is 12.0. The molecule has 19 heavy (non-hydrogen) atoms. The maximum absolute atomic E-state index is 12.0. The van der Waals surface area contributed by atoms with E-state index >= 15 is 0 Å². The van der Waals surface area contributed by atoms with Crippen molar-refractivity contribution in [2.75, 3.05) is 6.54 Å². The molecule has 1 N–H and O–H groups in total. The largest absolute Gasteiger partial charge is 0.345 e. The van der Waals surface area contributed by atoms with Gasteiger partial charge in [0.15, 0.2) is 5.82 Å². The standard InChI is InChI=1S/C11H18N6O2/c1-4-7(2)10-11(19)12-5-9(18)17(10)6-8-13-15-16(3)14-8/h7,10H,4-6H2,1-3H3,(H,12,19). The molecule has 2 atom stereocenters. The van der Waals surface area contributed by atoms with E-state index in [1.807, 2.05) is 13.8 Å². The fourth-order valence-electron chi connectivity index (χ4n) is 2.18. The first-order valence-electron chi connectivity index (χ1n) is 6.33. The van der Waals surface area contributed by atoms with Crippen LogP contribution in [-0.2, 0) is 23.2 Å². The fraction of sp³-hybridized carbons (Fsp3) is 0.727. The Kier molecular flexibility index (Phi) is 3.77. The van der Waals surface area contributed by atoms with Crippen molar-refractivity contribution in [1.29, 1.82) is 0 Å². The van der Waals surface area contributed by atoms with Gasteiger partial charge in [-0.1, -0.05) is 20.3 Å². The Hall–Kier alpha value is -1.99. The molecule has 1 aliphatic rings. The van der Waals surface area contributed by atoms with Gasteiger partial charge in [-0.2, -0.15) is 4.80 Å². The van der Waals surface area contributed by atoms with Crippen molar-refractivity contribution in [3.8, 4) is 0 Å². The third kappa shape index (κ3) is 2.72. The lowest BCUT2D eigenvalue weighted by Crippen LogP contribution is -2.60. The number of carbonyl (C=O) groups is 2. The van der Waals surface area contributed by atoms with Crippen LogP contribution in [0.15, 0.2) is 0 Å². The third-order valence-electron chi connectivity index (χ3n) is 3.38. The molecule has 0 radical (unpaired) electrons. The summed E-state index contributed by atoms with van der Waals surface area (Å²) in [5, 5.41) is 14.3. The molecule has 8 nitrogen and oxygen atoms in total. The van der Waals surface area contributed by atoms with Crippen LogP contribution in [0.3, 0.4) is 0 Å². The van der Waals surface area contributed by atoms with Crippen molar-refractivity contribution in [1.82, 2.24) is 30.4 Å². The van der Waals surface area contributed by atoms with Gasteiger partial charge in [0.05, 0.1) is 20.1 Å². The summed E-state index contributed by atoms with van der Waals surface area (Å²) in [5.41, 5.74) is 0. The van der Waals surface area contributed by atoms with Gasteiger partial charge < -0.3 is 10.2 Å². The summed E-state index contributed by atoms with van der Waals surface area (Å²) in [6.07, 6.45) is 0.815. The molecular formula is C11H18N6O2. The van der Waals surface area contributed by atoms with E-state index in [1.165, 1.54) is 4.80 Å². The molecule has 1 fully saturated rings. The molecule has 0 spiro atoms. The summed E-state index contributed by atoms with van der Waals surface area (Å²) in [6.45, 7) is 4.21. The van der Waals surface area contributed by atoms with Gasteiger partial charge in [0.2, 0.25) is 11.8 Å². The van der Waals surface area contributed by atoms with Gasteiger partial charge >= 0.3 is 0 Å². The van der Waals surface area contributed by atoms with E-state index in [9.17, 15) is 9.59 Å². The molecule has 2 unspecified atom stereocenters. The average Bonchev–Trinajstić information content (AvgIpc) is 2.79. The van der Waals surface area contributed by atoms with Gasteiger partial charge in [0.25, 0.3) is 0 Å². The van der Waals surface area contributed by atoms with Crippen LogP contribution in [0.5, 0.6) is 0 Å². The number of aryl methyl sites for hydroxylation is 1. The zero-order valence-corrected chi connectivity index (χ0v) is 11.3. The summed E-state index contributed by atoms with van der Waals surface area (Å²) in [6, 6.07) is -0.463. The lowest BCUT2D eigenvalue weighted by atomic mass is 9.95. The first-order chi connectivity index (χ1) is 9.02. The molecule has 104 valence electrons. The molecule has 0 aromatic carbocycles. The highest BCUT2D eigenvalue weighted by Gasteiger charge is 2.37. The molecule has 0 bridgehead atoms. The topological polar surface area (TPSA) is 93.0 Å². The van der Waals surface area contributed by atoms with E-state index in [-0.39, 0.29) is 30.8 Å². The number of hydrogen-bond acceptors (Lipinski definition) is 5. The summed E-state index contributed by atoms with van der Waals surface area (Å²) in [5.74, 6) is 0.301. The van der Waals surface area contributed by atoms with E-state index in [0.717, 1.165) is 6.42 Å². The number of nitrogens with one attached hydrogen (secondary N) is 1. The van der Waals surface area contributed by atoms with Gasteiger partial charge in [-0.3, -0.25) is 9.59 Å². The van der Waals surface area contributed by atoms with Crippen molar-refractivity contribution in [2.45, 2.75) is 32.9 Å². The molecule has 8 heteroatoms. The van der Waals surface area contributed by atoms with Crippen LogP contribution >= 0.6 is 0 Å². The quantitative estimate of drug-likeness (QED) is 0.761. The SMILES string of the molecule is CCC(C)C1C(=O)NCC(=O)N1Cc1nnn(C)n1. The predicted octanol–water partition coefficient (Wildman–Crippen LogP) is -0.917. The second-order valence-electron chi connectivity index (χ2n) is 4.76. The third-order valence-corrected chi connectivity index (χ3v) is 3.38.